The third kappa shape index (κ3) is 2.84. The molecule has 0 saturated heterocycles. The van der Waals surface area contributed by atoms with E-state index in [2.05, 4.69) is 22.6 Å². The summed E-state index contributed by atoms with van der Waals surface area (Å²) < 4.78 is 14.2. The van der Waals surface area contributed by atoms with Crippen LogP contribution in [0, 0.1) is 16.3 Å². The second-order valence-electron chi connectivity index (χ2n) is 4.03. The van der Waals surface area contributed by atoms with Crippen LogP contribution in [0.5, 0.6) is 0 Å². The van der Waals surface area contributed by atoms with Crippen molar-refractivity contribution in [3.8, 4) is 0 Å². The summed E-state index contributed by atoms with van der Waals surface area (Å²) in [5.41, 5.74) is 9.08. The fraction of sp³-hybridized carbons (Fsp3) is 0.143. The summed E-state index contributed by atoms with van der Waals surface area (Å²) in [5.74, 6) is -0.221. The second kappa shape index (κ2) is 5.14. The summed E-state index contributed by atoms with van der Waals surface area (Å²) in [6.45, 7) is 1.88. The maximum atomic E-state index is 13.0. The molecule has 0 spiro atoms. The van der Waals surface area contributed by atoms with Crippen LogP contribution in [-0.4, -0.2) is 0 Å². The highest BCUT2D eigenvalue weighted by atomic mass is 127. The molecule has 17 heavy (non-hydrogen) atoms. The molecule has 2 rings (SSSR count). The fourth-order valence-corrected chi connectivity index (χ4v) is 2.20. The van der Waals surface area contributed by atoms with Crippen LogP contribution in [0.2, 0.25) is 0 Å². The lowest BCUT2D eigenvalue weighted by Crippen LogP contribution is -2.13. The molecule has 0 heterocycles. The lowest BCUT2D eigenvalue weighted by Gasteiger charge is -2.15. The lowest BCUT2D eigenvalue weighted by atomic mass is 9.96. The van der Waals surface area contributed by atoms with Crippen LogP contribution in [0.25, 0.3) is 0 Å². The number of aryl methyl sites for hydroxylation is 1. The van der Waals surface area contributed by atoms with Gasteiger partial charge in [0.05, 0.1) is 6.04 Å². The average molecular weight is 341 g/mol. The molecule has 0 aliphatic heterocycles. The van der Waals surface area contributed by atoms with Crippen molar-refractivity contribution >= 4 is 22.6 Å². The molecule has 0 aromatic heterocycles. The SMILES string of the molecule is Cc1cc(F)ccc1C(N)c1ccc(I)cc1. The van der Waals surface area contributed by atoms with Gasteiger partial charge in [-0.05, 0) is 70.5 Å². The molecule has 2 aromatic carbocycles. The molecule has 0 saturated carbocycles. The molecule has 2 aromatic rings. The van der Waals surface area contributed by atoms with E-state index < -0.39 is 0 Å². The second-order valence-corrected chi connectivity index (χ2v) is 5.28. The van der Waals surface area contributed by atoms with Gasteiger partial charge in [0.1, 0.15) is 5.82 Å². The van der Waals surface area contributed by atoms with E-state index in [9.17, 15) is 4.39 Å². The Morgan fingerprint density at radius 3 is 2.35 bits per heavy atom. The van der Waals surface area contributed by atoms with E-state index in [1.165, 1.54) is 15.7 Å². The van der Waals surface area contributed by atoms with Crippen molar-refractivity contribution in [3.63, 3.8) is 0 Å². The first-order chi connectivity index (χ1) is 8.08. The number of rotatable bonds is 2. The van der Waals surface area contributed by atoms with Crippen LogP contribution in [-0.2, 0) is 0 Å². The minimum Gasteiger partial charge on any atom is -0.320 e. The maximum absolute atomic E-state index is 13.0. The molecule has 1 nitrogen and oxygen atoms in total. The number of nitrogens with two attached hydrogens (primary N) is 1. The van der Waals surface area contributed by atoms with Gasteiger partial charge in [-0.1, -0.05) is 18.2 Å². The third-order valence-corrected chi connectivity index (χ3v) is 3.52. The molecule has 1 unspecified atom stereocenters. The molecule has 0 radical (unpaired) electrons. The van der Waals surface area contributed by atoms with E-state index in [1.807, 2.05) is 31.2 Å². The van der Waals surface area contributed by atoms with Gasteiger partial charge in [-0.3, -0.25) is 0 Å². The molecule has 3 heteroatoms. The Kier molecular flexibility index (Phi) is 3.79. The van der Waals surface area contributed by atoms with Crippen LogP contribution in [0.3, 0.4) is 0 Å². The van der Waals surface area contributed by atoms with Crippen LogP contribution in [0.4, 0.5) is 4.39 Å². The summed E-state index contributed by atoms with van der Waals surface area (Å²) in [4.78, 5) is 0. The normalized spacial score (nSPS) is 12.5. The monoisotopic (exact) mass is 341 g/mol. The van der Waals surface area contributed by atoms with Crippen LogP contribution in [0.15, 0.2) is 42.5 Å². The highest BCUT2D eigenvalue weighted by Gasteiger charge is 2.11. The van der Waals surface area contributed by atoms with Crippen molar-refractivity contribution < 1.29 is 4.39 Å². The van der Waals surface area contributed by atoms with Crippen molar-refractivity contribution in [3.05, 3.63) is 68.5 Å². The molecule has 2 N–H and O–H groups in total. The topological polar surface area (TPSA) is 26.0 Å². The minimum absolute atomic E-state index is 0.201. The zero-order valence-corrected chi connectivity index (χ0v) is 11.6. The minimum atomic E-state index is -0.221. The molecule has 1 atom stereocenters. The Hall–Kier alpha value is -0.940. The molecule has 0 aliphatic rings. The van der Waals surface area contributed by atoms with Gasteiger partial charge in [0, 0.05) is 3.57 Å². The zero-order chi connectivity index (χ0) is 12.4. The highest BCUT2D eigenvalue weighted by molar-refractivity contribution is 14.1. The standard InChI is InChI=1S/C14H13FIN/c1-9-8-11(15)4-7-13(9)14(17)10-2-5-12(16)6-3-10/h2-8,14H,17H2,1H3. The smallest absolute Gasteiger partial charge is 0.123 e. The average Bonchev–Trinajstić information content (AvgIpc) is 2.29. The largest absolute Gasteiger partial charge is 0.320 e. The summed E-state index contributed by atoms with van der Waals surface area (Å²) in [5, 5.41) is 0. The molecular weight excluding hydrogens is 328 g/mol. The molecule has 0 fully saturated rings. The first kappa shape index (κ1) is 12.5. The van der Waals surface area contributed by atoms with Crippen LogP contribution >= 0.6 is 22.6 Å². The number of hydrogen-bond acceptors (Lipinski definition) is 1. The van der Waals surface area contributed by atoms with Gasteiger partial charge in [0.2, 0.25) is 0 Å². The van der Waals surface area contributed by atoms with E-state index in [-0.39, 0.29) is 11.9 Å². The van der Waals surface area contributed by atoms with E-state index >= 15 is 0 Å². The Bertz CT molecular complexity index is 522. The Balaban J connectivity index is 2.36. The summed E-state index contributed by atoms with van der Waals surface area (Å²) in [6.07, 6.45) is 0. The van der Waals surface area contributed by atoms with E-state index in [1.54, 1.807) is 6.07 Å². The zero-order valence-electron chi connectivity index (χ0n) is 9.45. The molecule has 88 valence electrons. The number of benzene rings is 2. The van der Waals surface area contributed by atoms with Crippen molar-refractivity contribution in [2.75, 3.05) is 0 Å². The van der Waals surface area contributed by atoms with Crippen LogP contribution < -0.4 is 5.73 Å². The first-order valence-electron chi connectivity index (χ1n) is 5.35. The molecule has 0 aliphatic carbocycles. The van der Waals surface area contributed by atoms with Crippen molar-refractivity contribution in [2.24, 2.45) is 5.73 Å². The van der Waals surface area contributed by atoms with Gasteiger partial charge in [-0.15, -0.1) is 0 Å². The van der Waals surface area contributed by atoms with Gasteiger partial charge in [0.15, 0.2) is 0 Å². The first-order valence-corrected chi connectivity index (χ1v) is 6.43. The fourth-order valence-electron chi connectivity index (χ4n) is 1.84. The van der Waals surface area contributed by atoms with Gasteiger partial charge in [-0.25, -0.2) is 4.39 Å². The molecular formula is C14H13FIN. The number of halogens is 2. The summed E-state index contributed by atoms with van der Waals surface area (Å²) in [6, 6.07) is 12.6. The Morgan fingerprint density at radius 2 is 1.76 bits per heavy atom. The van der Waals surface area contributed by atoms with Crippen molar-refractivity contribution in [1.29, 1.82) is 0 Å². The number of hydrogen-bond donors (Lipinski definition) is 1. The van der Waals surface area contributed by atoms with Crippen LogP contribution in [0.1, 0.15) is 22.7 Å². The molecule has 0 bridgehead atoms. The van der Waals surface area contributed by atoms with E-state index in [0.29, 0.717) is 0 Å². The maximum Gasteiger partial charge on any atom is 0.123 e. The Labute approximate surface area is 114 Å². The van der Waals surface area contributed by atoms with Gasteiger partial charge < -0.3 is 5.73 Å². The quantitative estimate of drug-likeness (QED) is 0.827. The van der Waals surface area contributed by atoms with E-state index in [4.69, 9.17) is 5.73 Å². The highest BCUT2D eigenvalue weighted by Crippen LogP contribution is 2.23. The summed E-state index contributed by atoms with van der Waals surface area (Å²) in [7, 11) is 0. The summed E-state index contributed by atoms with van der Waals surface area (Å²) >= 11 is 2.26. The van der Waals surface area contributed by atoms with Crippen molar-refractivity contribution in [2.45, 2.75) is 13.0 Å². The predicted octanol–water partition coefficient (Wildman–Crippen LogP) is 3.79. The lowest BCUT2D eigenvalue weighted by molar-refractivity contribution is 0.624. The van der Waals surface area contributed by atoms with Gasteiger partial charge in [0.25, 0.3) is 0 Å². The van der Waals surface area contributed by atoms with Gasteiger partial charge >= 0.3 is 0 Å². The Morgan fingerprint density at radius 1 is 1.12 bits per heavy atom. The predicted molar refractivity (Wildman–Crippen MR) is 76.3 cm³/mol. The van der Waals surface area contributed by atoms with Crippen molar-refractivity contribution in [1.82, 2.24) is 0 Å². The van der Waals surface area contributed by atoms with Gasteiger partial charge in [-0.2, -0.15) is 0 Å². The molecule has 0 amide bonds. The third-order valence-electron chi connectivity index (χ3n) is 2.80. The van der Waals surface area contributed by atoms with E-state index in [0.717, 1.165) is 16.7 Å².